The minimum Gasteiger partial charge on any atom is -0.501 e. The van der Waals surface area contributed by atoms with E-state index in [2.05, 4.69) is 5.43 Å². The van der Waals surface area contributed by atoms with E-state index in [1.807, 2.05) is 0 Å². The van der Waals surface area contributed by atoms with Crippen LogP contribution in [0.2, 0.25) is 0 Å². The first-order valence-corrected chi connectivity index (χ1v) is 5.97. The van der Waals surface area contributed by atoms with Gasteiger partial charge in [-0.3, -0.25) is 5.84 Å². The highest BCUT2D eigenvalue weighted by atomic mass is 19.4. The third-order valence-corrected chi connectivity index (χ3v) is 3.08. The molecule has 0 bridgehead atoms. The summed E-state index contributed by atoms with van der Waals surface area (Å²) in [5, 5.41) is 0. The number of alkyl halides is 3. The molecule has 0 saturated heterocycles. The summed E-state index contributed by atoms with van der Waals surface area (Å²) < 4.78 is 44.2. The molecule has 2 rings (SSSR count). The van der Waals surface area contributed by atoms with Crippen LogP contribution in [0.1, 0.15) is 30.0 Å². The van der Waals surface area contributed by atoms with Gasteiger partial charge in [0.25, 0.3) is 0 Å². The smallest absolute Gasteiger partial charge is 0.416 e. The number of hydrogen-bond donors (Lipinski definition) is 2. The lowest BCUT2D eigenvalue weighted by Crippen LogP contribution is -2.32. The fraction of sp³-hybridized carbons (Fsp3) is 0.385. The number of rotatable bonds is 3. The predicted molar refractivity (Wildman–Crippen MR) is 64.8 cm³/mol. The molecule has 1 aromatic carbocycles. The van der Waals surface area contributed by atoms with Gasteiger partial charge < -0.3 is 4.74 Å². The van der Waals surface area contributed by atoms with Crippen LogP contribution >= 0.6 is 0 Å². The normalized spacial score (nSPS) is 17.6. The number of hydrogen-bond acceptors (Lipinski definition) is 3. The number of halogens is 3. The van der Waals surface area contributed by atoms with E-state index in [4.69, 9.17) is 10.6 Å². The van der Waals surface area contributed by atoms with Crippen molar-refractivity contribution in [2.75, 3.05) is 6.61 Å². The van der Waals surface area contributed by atoms with Gasteiger partial charge >= 0.3 is 6.18 Å². The second-order valence-electron chi connectivity index (χ2n) is 4.35. The maximum Gasteiger partial charge on any atom is 0.416 e. The van der Waals surface area contributed by atoms with E-state index in [1.54, 1.807) is 6.07 Å². The van der Waals surface area contributed by atoms with Crippen molar-refractivity contribution in [1.82, 2.24) is 5.43 Å². The Balaban J connectivity index is 2.41. The van der Waals surface area contributed by atoms with E-state index in [0.717, 1.165) is 18.1 Å². The summed E-state index contributed by atoms with van der Waals surface area (Å²) in [6.45, 7) is 0.585. The van der Waals surface area contributed by atoms with Crippen LogP contribution in [0.5, 0.6) is 0 Å². The summed E-state index contributed by atoms with van der Waals surface area (Å²) in [6.07, 6.45) is -1.46. The van der Waals surface area contributed by atoms with E-state index in [1.165, 1.54) is 18.4 Å². The van der Waals surface area contributed by atoms with Gasteiger partial charge in [-0.15, -0.1) is 0 Å². The van der Waals surface area contributed by atoms with Crippen LogP contribution < -0.4 is 11.3 Å². The fourth-order valence-electron chi connectivity index (χ4n) is 2.20. The first-order chi connectivity index (χ1) is 9.04. The minimum atomic E-state index is -4.40. The monoisotopic (exact) mass is 272 g/mol. The van der Waals surface area contributed by atoms with Crippen molar-refractivity contribution in [3.05, 3.63) is 47.2 Å². The molecule has 1 heterocycles. The second-order valence-corrected chi connectivity index (χ2v) is 4.35. The van der Waals surface area contributed by atoms with Gasteiger partial charge in [-0.25, -0.2) is 5.43 Å². The van der Waals surface area contributed by atoms with Gasteiger partial charge in [-0.05, 0) is 30.0 Å². The standard InChI is InChI=1S/C13H15F3N2O/c14-13(15,16)11-6-2-1-5-10(11)12(18-17)9-4-3-7-19-8-9/h1-2,5-6,8,12,18H,3-4,7,17H2. The molecule has 6 heteroatoms. The molecule has 1 aliphatic rings. The topological polar surface area (TPSA) is 47.3 Å². The Morgan fingerprint density at radius 3 is 2.58 bits per heavy atom. The third-order valence-electron chi connectivity index (χ3n) is 3.08. The molecular weight excluding hydrogens is 257 g/mol. The van der Waals surface area contributed by atoms with Crippen molar-refractivity contribution in [3.63, 3.8) is 0 Å². The molecule has 0 aliphatic carbocycles. The van der Waals surface area contributed by atoms with Crippen LogP contribution in [-0.4, -0.2) is 6.61 Å². The van der Waals surface area contributed by atoms with Crippen molar-refractivity contribution in [1.29, 1.82) is 0 Å². The van der Waals surface area contributed by atoms with Crippen molar-refractivity contribution < 1.29 is 17.9 Å². The maximum absolute atomic E-state index is 13.0. The Bertz CT molecular complexity index is 471. The summed E-state index contributed by atoms with van der Waals surface area (Å²) >= 11 is 0. The highest BCUT2D eigenvalue weighted by Gasteiger charge is 2.35. The Hall–Kier alpha value is -1.53. The lowest BCUT2D eigenvalue weighted by Gasteiger charge is -2.25. The van der Waals surface area contributed by atoms with Gasteiger partial charge in [0.2, 0.25) is 0 Å². The SMILES string of the molecule is NNC(C1=COCCC1)c1ccccc1C(F)(F)F. The van der Waals surface area contributed by atoms with Gasteiger partial charge in [0.05, 0.1) is 24.5 Å². The summed E-state index contributed by atoms with van der Waals surface area (Å²) in [4.78, 5) is 0. The molecule has 19 heavy (non-hydrogen) atoms. The van der Waals surface area contributed by atoms with Crippen LogP contribution in [-0.2, 0) is 10.9 Å². The summed E-state index contributed by atoms with van der Waals surface area (Å²) in [6, 6.07) is 4.75. The quantitative estimate of drug-likeness (QED) is 0.657. The molecule has 0 saturated carbocycles. The van der Waals surface area contributed by atoms with E-state index >= 15 is 0 Å². The first kappa shape index (κ1) is 13.9. The zero-order chi connectivity index (χ0) is 13.9. The first-order valence-electron chi connectivity index (χ1n) is 5.97. The molecule has 0 aromatic heterocycles. The second kappa shape index (κ2) is 5.63. The van der Waals surface area contributed by atoms with Gasteiger partial charge in [0.15, 0.2) is 0 Å². The molecule has 3 nitrogen and oxygen atoms in total. The maximum atomic E-state index is 13.0. The number of hydrazine groups is 1. The summed E-state index contributed by atoms with van der Waals surface area (Å²) in [5.74, 6) is 5.43. The average Bonchev–Trinajstić information content (AvgIpc) is 2.40. The molecule has 1 unspecified atom stereocenters. The Kier molecular flexibility index (Phi) is 4.11. The Labute approximate surface area is 109 Å². The Morgan fingerprint density at radius 1 is 1.26 bits per heavy atom. The zero-order valence-electron chi connectivity index (χ0n) is 10.2. The van der Waals surface area contributed by atoms with E-state index < -0.39 is 17.8 Å². The summed E-state index contributed by atoms with van der Waals surface area (Å²) in [5.41, 5.74) is 2.62. The lowest BCUT2D eigenvalue weighted by molar-refractivity contribution is -0.138. The zero-order valence-corrected chi connectivity index (χ0v) is 10.2. The largest absolute Gasteiger partial charge is 0.501 e. The van der Waals surface area contributed by atoms with Gasteiger partial charge in [-0.1, -0.05) is 18.2 Å². The number of nitrogens with two attached hydrogens (primary N) is 1. The van der Waals surface area contributed by atoms with Crippen LogP contribution in [0, 0.1) is 0 Å². The highest BCUT2D eigenvalue weighted by Crippen LogP contribution is 2.37. The third kappa shape index (κ3) is 3.08. The van der Waals surface area contributed by atoms with Gasteiger partial charge in [-0.2, -0.15) is 13.2 Å². The van der Waals surface area contributed by atoms with E-state index in [-0.39, 0.29) is 5.56 Å². The van der Waals surface area contributed by atoms with E-state index in [0.29, 0.717) is 13.0 Å². The fourth-order valence-corrected chi connectivity index (χ4v) is 2.20. The molecule has 0 fully saturated rings. The molecule has 1 aromatic rings. The molecule has 0 amide bonds. The van der Waals surface area contributed by atoms with Crippen molar-refractivity contribution in [2.45, 2.75) is 25.1 Å². The van der Waals surface area contributed by atoms with Gasteiger partial charge in [0, 0.05) is 0 Å². The molecule has 0 radical (unpaired) electrons. The minimum absolute atomic E-state index is 0.120. The molecule has 0 spiro atoms. The number of ether oxygens (including phenoxy) is 1. The number of nitrogens with one attached hydrogen (secondary N) is 1. The molecule has 3 N–H and O–H groups in total. The lowest BCUT2D eigenvalue weighted by atomic mass is 9.92. The number of benzene rings is 1. The van der Waals surface area contributed by atoms with Crippen LogP contribution in [0.25, 0.3) is 0 Å². The van der Waals surface area contributed by atoms with Gasteiger partial charge in [0.1, 0.15) is 0 Å². The van der Waals surface area contributed by atoms with Crippen LogP contribution in [0.15, 0.2) is 36.1 Å². The van der Waals surface area contributed by atoms with Crippen LogP contribution in [0.4, 0.5) is 13.2 Å². The molecule has 104 valence electrons. The van der Waals surface area contributed by atoms with Crippen molar-refractivity contribution in [2.24, 2.45) is 5.84 Å². The summed E-state index contributed by atoms with van der Waals surface area (Å²) in [7, 11) is 0. The van der Waals surface area contributed by atoms with Crippen molar-refractivity contribution in [3.8, 4) is 0 Å². The van der Waals surface area contributed by atoms with Crippen LogP contribution in [0.3, 0.4) is 0 Å². The Morgan fingerprint density at radius 2 is 2.00 bits per heavy atom. The highest BCUT2D eigenvalue weighted by molar-refractivity contribution is 5.37. The molecule has 1 atom stereocenters. The molecular formula is C13H15F3N2O. The average molecular weight is 272 g/mol. The van der Waals surface area contributed by atoms with Crippen molar-refractivity contribution >= 4 is 0 Å². The predicted octanol–water partition coefficient (Wildman–Crippen LogP) is 2.90. The van der Waals surface area contributed by atoms with E-state index in [9.17, 15) is 13.2 Å². The molecule has 1 aliphatic heterocycles.